The molecule has 8 aromatic carbocycles. The largest absolute Gasteiger partial charge is 0.779 e. The smallest absolute Gasteiger partial charge is 0.412 e. The van der Waals surface area contributed by atoms with Crippen LogP contribution in [0.15, 0.2) is 180 Å². The SMILES string of the molecule is CN1/C(=C/c2cc[n+](COC(=O)NCC(=O)N3CCc4c3ccc3[nH]c(C(=O)N5CCc6c5ccc5[nH]c(C(=O)N7CCc8c7ccc7[nH]c(C(=O)NCOP(C)(=O)[O-])cc87)cc65)cc43)c3ccccc23)Sc2ccccc21.COP(=O)([O-])OC.CP(=O)([O-])OCNC(=O)c1cc2c3c(ccc2[nH]1)N(C(=O)c1cc2c4c(ccc2[nH]1)N(C(=O)c1cc2c5c(ccc2[nH]1)N(C(=O)CN)CC5)CC4)CC3. The number of thioether (sulfide) groups is 1. The first-order valence-corrected chi connectivity index (χ1v) is 50.5. The number of amides is 9. The van der Waals surface area contributed by atoms with Gasteiger partial charge in [-0.25, -0.2) is 4.79 Å². The maximum absolute atomic E-state index is 14.3. The Labute approximate surface area is 789 Å². The Balaban J connectivity index is 0.000000169. The monoisotopic (exact) mass is 1940 g/mol. The van der Waals surface area contributed by atoms with Crippen LogP contribution in [0, 0.1) is 0 Å². The van der Waals surface area contributed by atoms with Gasteiger partial charge in [-0.3, -0.25) is 42.9 Å². The van der Waals surface area contributed by atoms with Crippen LogP contribution in [0.5, 0.6) is 0 Å². The topological polar surface area (TPSA) is 504 Å². The number of nitrogens with one attached hydrogen (secondary N) is 9. The summed E-state index contributed by atoms with van der Waals surface area (Å²) in [7, 11) is -7.76. The van der Waals surface area contributed by atoms with Crippen LogP contribution in [-0.4, -0.2) is 184 Å². The van der Waals surface area contributed by atoms with E-state index in [-0.39, 0.29) is 66.7 Å². The number of carbonyl (C=O) groups excluding carboxylic acids is 9. The van der Waals surface area contributed by atoms with E-state index in [0.29, 0.717) is 106 Å². The van der Waals surface area contributed by atoms with Gasteiger partial charge in [0.1, 0.15) is 69.4 Å². The average Bonchev–Trinajstić information content (AvgIpc) is 1.55. The summed E-state index contributed by atoms with van der Waals surface area (Å²) in [6.45, 7) is 3.30. The summed E-state index contributed by atoms with van der Waals surface area (Å²) in [4.78, 5) is 187. The van der Waals surface area contributed by atoms with E-state index in [1.165, 1.54) is 4.90 Å². The Morgan fingerprint density at radius 3 is 1.13 bits per heavy atom. The van der Waals surface area contributed by atoms with E-state index in [1.807, 2.05) is 150 Å². The van der Waals surface area contributed by atoms with Gasteiger partial charge in [-0.05, 0) is 211 Å². The summed E-state index contributed by atoms with van der Waals surface area (Å²) in [5, 5.41) is 14.7. The summed E-state index contributed by atoms with van der Waals surface area (Å²) in [6, 6.07) is 51.5. The van der Waals surface area contributed by atoms with Crippen molar-refractivity contribution < 1.29 is 98.9 Å². The number of aromatic amines is 6. The predicted octanol–water partition coefficient (Wildman–Crippen LogP) is 10.7. The number of hydrogen-bond acceptors (Lipinski definition) is 23. The molecular weight excluding hydrogens is 1850 g/mol. The molecule has 7 aromatic heterocycles. The lowest BCUT2D eigenvalue weighted by Crippen LogP contribution is -2.42. The highest BCUT2D eigenvalue weighted by atomic mass is 32.2. The van der Waals surface area contributed by atoms with Crippen LogP contribution < -0.4 is 75.2 Å². The zero-order valence-electron chi connectivity index (χ0n) is 74.8. The second-order valence-corrected chi connectivity index (χ2v) is 40.4. The highest BCUT2D eigenvalue weighted by Crippen LogP contribution is 2.48. The number of alkyl carbamates (subject to hydrolysis) is 1. The van der Waals surface area contributed by atoms with E-state index in [2.05, 4.69) is 94.1 Å². The van der Waals surface area contributed by atoms with Crippen molar-refractivity contribution in [3.8, 4) is 0 Å². The summed E-state index contributed by atoms with van der Waals surface area (Å²) >= 11 is 1.72. The maximum atomic E-state index is 14.3. The van der Waals surface area contributed by atoms with Gasteiger partial charge in [0, 0.05) is 190 Å². The Morgan fingerprint density at radius 2 is 0.768 bits per heavy atom. The van der Waals surface area contributed by atoms with Crippen LogP contribution in [0.4, 0.5) is 44.6 Å². The Kier molecular flexibility index (Phi) is 24.1. The van der Waals surface area contributed by atoms with E-state index >= 15 is 0 Å². The zero-order valence-corrected chi connectivity index (χ0v) is 78.3. The Hall–Kier alpha value is -14.3. The summed E-state index contributed by atoms with van der Waals surface area (Å²) in [5.41, 5.74) is 25.8. The number of hydrogen-bond donors (Lipinski definition) is 10. The van der Waals surface area contributed by atoms with Gasteiger partial charge in [0.05, 0.1) is 22.6 Å². The number of pyridine rings is 1. The number of fused-ring (bicyclic) bond motifs is 20. The number of carbonyl (C=O) groups is 9. The Bertz CT molecular complexity index is 7870. The van der Waals surface area contributed by atoms with Crippen LogP contribution in [0.2, 0.25) is 0 Å². The zero-order chi connectivity index (χ0) is 96.2. The summed E-state index contributed by atoms with van der Waals surface area (Å²) < 4.78 is 57.1. The third-order valence-corrected chi connectivity index (χ3v) is 29.3. The molecule has 0 fully saturated rings. The lowest BCUT2D eigenvalue weighted by atomic mass is 10.1. The summed E-state index contributed by atoms with van der Waals surface area (Å²) in [5.74, 6) is -2.22. The van der Waals surface area contributed by atoms with Crippen molar-refractivity contribution in [3.05, 3.63) is 248 Å². The van der Waals surface area contributed by atoms with Crippen molar-refractivity contribution in [2.24, 2.45) is 5.73 Å². The normalized spacial score (nSPS) is 15.7. The molecular formula is C96H89N18O20P3S-2. The van der Waals surface area contributed by atoms with Gasteiger partial charge in [0.15, 0.2) is 6.20 Å². The van der Waals surface area contributed by atoms with Crippen LogP contribution in [0.3, 0.4) is 0 Å². The van der Waals surface area contributed by atoms with Crippen molar-refractivity contribution in [1.82, 2.24) is 45.9 Å². The molecule has 0 bridgehead atoms. The number of H-pyrrole nitrogens is 6. The lowest BCUT2D eigenvalue weighted by Gasteiger charge is -2.17. The second kappa shape index (κ2) is 36.3. The minimum absolute atomic E-state index is 0.0577. The molecule has 7 aliphatic rings. The van der Waals surface area contributed by atoms with Gasteiger partial charge in [-0.15, -0.1) is 0 Å². The van der Waals surface area contributed by atoms with E-state index in [0.717, 1.165) is 182 Å². The molecule has 7 aliphatic heterocycles. The molecule has 11 N–H and O–H groups in total. The second-order valence-electron chi connectivity index (χ2n) is 34.1. The molecule has 0 spiro atoms. The molecule has 0 saturated heterocycles. The van der Waals surface area contributed by atoms with Gasteiger partial charge >= 0.3 is 6.09 Å². The minimum atomic E-state index is -4.01. The van der Waals surface area contributed by atoms with Crippen molar-refractivity contribution in [1.29, 1.82) is 0 Å². The van der Waals surface area contributed by atoms with E-state index in [1.54, 1.807) is 53.3 Å². The highest BCUT2D eigenvalue weighted by Gasteiger charge is 2.38. The molecule has 0 aliphatic carbocycles. The van der Waals surface area contributed by atoms with Crippen molar-refractivity contribution >= 4 is 210 Å². The quantitative estimate of drug-likeness (QED) is 0.0192. The lowest BCUT2D eigenvalue weighted by molar-refractivity contribution is -0.703. The predicted molar refractivity (Wildman–Crippen MR) is 515 cm³/mol. The number of aromatic nitrogens is 7. The number of phosphoric acid groups is 1. The molecule has 14 heterocycles. The number of rotatable bonds is 20. The fourth-order valence-electron chi connectivity index (χ4n) is 19.5. The van der Waals surface area contributed by atoms with Gasteiger partial charge in [0.25, 0.3) is 50.0 Å². The molecule has 38 nitrogen and oxygen atoms in total. The third kappa shape index (κ3) is 17.2. The van der Waals surface area contributed by atoms with Gasteiger partial charge in [0.2, 0.25) is 17.3 Å². The summed E-state index contributed by atoms with van der Waals surface area (Å²) in [6.07, 6.45) is 6.96. The first kappa shape index (κ1) is 91.5. The molecule has 15 aromatic rings. The molecule has 138 heavy (non-hydrogen) atoms. The number of phosphoric ester groups is 1. The van der Waals surface area contributed by atoms with Gasteiger partial charge in [-0.2, -0.15) is 4.57 Å². The fraction of sp³-hybridized carbons (Fsp3) is 0.229. The van der Waals surface area contributed by atoms with Crippen LogP contribution in [-0.2, 0) is 91.4 Å². The van der Waals surface area contributed by atoms with E-state index in [9.17, 15) is 71.5 Å². The van der Waals surface area contributed by atoms with Crippen molar-refractivity contribution in [2.75, 3.05) is 135 Å². The highest BCUT2D eigenvalue weighted by molar-refractivity contribution is 8.03. The molecule has 0 radical (unpaired) electrons. The molecule has 0 saturated carbocycles. The van der Waals surface area contributed by atoms with Crippen LogP contribution >= 0.6 is 34.8 Å². The molecule has 42 heteroatoms. The molecule has 2 atom stereocenters. The molecule has 9 amide bonds. The minimum Gasteiger partial charge on any atom is -0.779 e. The van der Waals surface area contributed by atoms with Gasteiger partial charge in [-0.1, -0.05) is 36.0 Å². The third-order valence-electron chi connectivity index (χ3n) is 26.0. The number of nitrogens with two attached hydrogens (primary N) is 1. The van der Waals surface area contributed by atoms with Gasteiger partial charge < -0.3 is 133 Å². The van der Waals surface area contributed by atoms with Crippen molar-refractivity contribution in [3.63, 3.8) is 0 Å². The average molecular weight is 1940 g/mol. The number of ether oxygens (including phenoxy) is 1. The first-order chi connectivity index (χ1) is 66.3. The number of para-hydroxylation sites is 2. The van der Waals surface area contributed by atoms with E-state index < -0.39 is 54.4 Å². The number of nitrogens with zero attached hydrogens (tertiary/aromatic N) is 8. The van der Waals surface area contributed by atoms with Crippen LogP contribution in [0.1, 0.15) is 102 Å². The van der Waals surface area contributed by atoms with Crippen molar-refractivity contribution in [2.45, 2.75) is 50.2 Å². The van der Waals surface area contributed by atoms with E-state index in [4.69, 9.17) is 10.5 Å². The first-order valence-electron chi connectivity index (χ1n) is 44.2. The Morgan fingerprint density at radius 1 is 0.428 bits per heavy atom. The maximum Gasteiger partial charge on any atom is 0.412 e. The molecule has 22 rings (SSSR count). The molecule has 2 unspecified atom stereocenters. The molecule has 706 valence electrons. The van der Waals surface area contributed by atoms with Crippen LogP contribution in [0.25, 0.3) is 82.4 Å². The number of anilines is 7. The standard InChI is InChI=1S/C57H49N10O9PS.C37H35N8O7P.C2H7O4P/c1-63-50-9-5-6-10-51(50)78-53(63)25-32-17-21-64(46-8-4-3-7-33(32)46)31-75-57(72)58-29-52(68)65-22-18-34-38-27-44(61-41(38)11-14-47(34)65)55(70)67-24-20-36-39-28-45(62-42(39)13-16-49(36)67)56(71)66-23-19-35-37-26-43(60-40(37)12-15-48(35)66)54(69)59-30-76-77(2,73)74;1-53(50,51)52-18-39-35(47)28-14-22-20-9-12-44(32(20)6-3-25(22)40-28)37(49)30-16-24-21-10-13-45(33(21)7-4-27(24)42-30)36(48)29-15-23-19-8-11-43(34(46)17-38)31(19)5-2-26(23)41-29;1-5-7(3,4)6-2/h3-17,21,25-28H,18-20,22-24,29-31H2,1-2H3,(H5-,58,59,60,61,62,69,70,71,72,73,74);2-7,14-16,40-42H,8-13,17-18,38H2,1H3,(H,39,47)(H,50,51);1-2H3,(H,3,4)/p-2. The fourth-order valence-corrected chi connectivity index (χ4v) is 21.3. The number of benzene rings is 8.